The summed E-state index contributed by atoms with van der Waals surface area (Å²) in [4.78, 5) is 22.3. The van der Waals surface area contributed by atoms with Crippen LogP contribution in [0, 0.1) is 0 Å². The molecule has 1 atom stereocenters. The molecule has 1 heterocycles. The molecule has 1 saturated heterocycles. The normalized spacial score (nSPS) is 23.7. The number of carboxylic acid groups (broad SMARTS) is 1. The third kappa shape index (κ3) is 0.964. The lowest BCUT2D eigenvalue weighted by molar-refractivity contribution is -0.156. The first-order chi connectivity index (χ1) is 4.63. The number of amides is 1. The number of nitrogens with zero attached hydrogens (tertiary/aromatic N) is 1. The number of carboxylic acids is 1. The molecule has 4 heteroatoms. The van der Waals surface area contributed by atoms with E-state index < -0.39 is 12.0 Å². The molecule has 0 radical (unpaired) electrons. The van der Waals surface area contributed by atoms with E-state index in [0.717, 1.165) is 0 Å². The lowest BCUT2D eigenvalue weighted by Gasteiger charge is -2.36. The van der Waals surface area contributed by atoms with E-state index in [1.165, 1.54) is 11.8 Å². The van der Waals surface area contributed by atoms with E-state index in [1.807, 2.05) is 0 Å². The molecule has 0 spiro atoms. The molecular formula is C6H9NO3. The van der Waals surface area contributed by atoms with Crippen LogP contribution >= 0.6 is 0 Å². The number of hydrogen-bond donors (Lipinski definition) is 1. The zero-order valence-corrected chi connectivity index (χ0v) is 5.70. The van der Waals surface area contributed by atoms with Crippen molar-refractivity contribution in [2.45, 2.75) is 19.4 Å². The highest BCUT2D eigenvalue weighted by atomic mass is 16.4. The molecule has 0 bridgehead atoms. The number of carbonyl (C=O) groups is 2. The van der Waals surface area contributed by atoms with Crippen molar-refractivity contribution >= 4 is 11.9 Å². The van der Waals surface area contributed by atoms with Gasteiger partial charge in [-0.3, -0.25) is 4.79 Å². The lowest BCUT2D eigenvalue weighted by atomic mass is 10.0. The van der Waals surface area contributed by atoms with Gasteiger partial charge in [0, 0.05) is 13.5 Å². The molecule has 56 valence electrons. The average Bonchev–Trinajstić information content (AvgIpc) is 1.56. The first-order valence-corrected chi connectivity index (χ1v) is 3.13. The minimum absolute atomic E-state index is 0.154. The summed E-state index contributed by atoms with van der Waals surface area (Å²) in [7, 11) is 0. The van der Waals surface area contributed by atoms with Crippen molar-refractivity contribution in [3.8, 4) is 0 Å². The number of carbonyl (C=O) groups excluding carboxylic acids is 1. The summed E-state index contributed by atoms with van der Waals surface area (Å²) >= 11 is 0. The van der Waals surface area contributed by atoms with E-state index in [2.05, 4.69) is 0 Å². The van der Waals surface area contributed by atoms with Gasteiger partial charge in [-0.25, -0.2) is 4.79 Å². The molecule has 4 nitrogen and oxygen atoms in total. The second-order valence-corrected chi connectivity index (χ2v) is 2.36. The van der Waals surface area contributed by atoms with Crippen molar-refractivity contribution in [3.05, 3.63) is 0 Å². The second-order valence-electron chi connectivity index (χ2n) is 2.36. The van der Waals surface area contributed by atoms with Gasteiger partial charge in [0.25, 0.3) is 0 Å². The number of likely N-dealkylation sites (tertiary alicyclic amines) is 1. The van der Waals surface area contributed by atoms with E-state index in [-0.39, 0.29) is 5.91 Å². The summed E-state index contributed by atoms with van der Waals surface area (Å²) in [6, 6.07) is -0.558. The van der Waals surface area contributed by atoms with Gasteiger partial charge < -0.3 is 10.0 Å². The Bertz CT molecular complexity index is 158. The van der Waals surface area contributed by atoms with Crippen LogP contribution < -0.4 is 0 Å². The smallest absolute Gasteiger partial charge is 0.326 e. The van der Waals surface area contributed by atoms with Crippen LogP contribution in [0.4, 0.5) is 0 Å². The van der Waals surface area contributed by atoms with E-state index in [0.29, 0.717) is 13.0 Å². The van der Waals surface area contributed by atoms with Gasteiger partial charge in [-0.1, -0.05) is 0 Å². The van der Waals surface area contributed by atoms with Crippen molar-refractivity contribution in [2.24, 2.45) is 0 Å². The third-order valence-electron chi connectivity index (χ3n) is 1.71. The molecule has 1 amide bonds. The topological polar surface area (TPSA) is 57.6 Å². The third-order valence-corrected chi connectivity index (χ3v) is 1.71. The molecule has 0 saturated carbocycles. The Kier molecular flexibility index (Phi) is 1.61. The van der Waals surface area contributed by atoms with Gasteiger partial charge in [-0.2, -0.15) is 0 Å². The van der Waals surface area contributed by atoms with Gasteiger partial charge in [0.15, 0.2) is 0 Å². The number of aliphatic carboxylic acids is 1. The van der Waals surface area contributed by atoms with Gasteiger partial charge >= 0.3 is 5.97 Å². The molecule has 0 aromatic carbocycles. The highest BCUT2D eigenvalue weighted by Crippen LogP contribution is 2.16. The lowest BCUT2D eigenvalue weighted by Crippen LogP contribution is -2.54. The highest BCUT2D eigenvalue weighted by Gasteiger charge is 2.35. The van der Waals surface area contributed by atoms with Crippen LogP contribution in [-0.4, -0.2) is 34.5 Å². The summed E-state index contributed by atoms with van der Waals surface area (Å²) in [6.07, 6.45) is 0.592. The summed E-state index contributed by atoms with van der Waals surface area (Å²) in [5, 5.41) is 8.46. The summed E-state index contributed by atoms with van der Waals surface area (Å²) in [5.74, 6) is -1.06. The number of hydrogen-bond acceptors (Lipinski definition) is 2. The SMILES string of the molecule is CC(=O)N1CC[C@@H]1C(=O)O. The fourth-order valence-electron chi connectivity index (χ4n) is 1.02. The maximum atomic E-state index is 10.6. The molecule has 1 rings (SSSR count). The van der Waals surface area contributed by atoms with Crippen LogP contribution in [0.1, 0.15) is 13.3 Å². The molecule has 1 fully saturated rings. The van der Waals surface area contributed by atoms with Crippen molar-refractivity contribution < 1.29 is 14.7 Å². The van der Waals surface area contributed by atoms with Crippen molar-refractivity contribution in [1.82, 2.24) is 4.90 Å². The van der Waals surface area contributed by atoms with E-state index >= 15 is 0 Å². The maximum absolute atomic E-state index is 10.6. The van der Waals surface area contributed by atoms with Crippen molar-refractivity contribution in [1.29, 1.82) is 0 Å². The summed E-state index contributed by atoms with van der Waals surface area (Å²) in [5.41, 5.74) is 0. The largest absolute Gasteiger partial charge is 0.480 e. The zero-order chi connectivity index (χ0) is 7.72. The molecular weight excluding hydrogens is 134 g/mol. The van der Waals surface area contributed by atoms with Gasteiger partial charge in [0.2, 0.25) is 5.91 Å². The predicted octanol–water partition coefficient (Wildman–Crippen LogP) is -0.308. The monoisotopic (exact) mass is 143 g/mol. The first kappa shape index (κ1) is 7.05. The van der Waals surface area contributed by atoms with Crippen LogP contribution in [0.25, 0.3) is 0 Å². The molecule has 1 N–H and O–H groups in total. The molecule has 10 heavy (non-hydrogen) atoms. The van der Waals surface area contributed by atoms with E-state index in [9.17, 15) is 9.59 Å². The molecule has 1 aliphatic heterocycles. The zero-order valence-electron chi connectivity index (χ0n) is 5.70. The Morgan fingerprint density at radius 2 is 2.20 bits per heavy atom. The molecule has 0 aromatic rings. The molecule has 0 aromatic heterocycles. The van der Waals surface area contributed by atoms with E-state index in [4.69, 9.17) is 5.11 Å². The molecule has 1 aliphatic rings. The predicted molar refractivity (Wildman–Crippen MR) is 33.4 cm³/mol. The van der Waals surface area contributed by atoms with E-state index in [1.54, 1.807) is 0 Å². The Morgan fingerprint density at radius 3 is 2.30 bits per heavy atom. The number of rotatable bonds is 1. The molecule has 0 aliphatic carbocycles. The Labute approximate surface area is 58.4 Å². The minimum atomic E-state index is -0.901. The summed E-state index contributed by atoms with van der Waals surface area (Å²) in [6.45, 7) is 1.97. The van der Waals surface area contributed by atoms with Gasteiger partial charge in [0.05, 0.1) is 0 Å². The van der Waals surface area contributed by atoms with Crippen molar-refractivity contribution in [2.75, 3.05) is 6.54 Å². The fraction of sp³-hybridized carbons (Fsp3) is 0.667. The summed E-state index contributed by atoms with van der Waals surface area (Å²) < 4.78 is 0. The first-order valence-electron chi connectivity index (χ1n) is 3.13. The Morgan fingerprint density at radius 1 is 1.60 bits per heavy atom. The van der Waals surface area contributed by atoms with Gasteiger partial charge in [0.1, 0.15) is 6.04 Å². The average molecular weight is 143 g/mol. The molecule has 0 unspecified atom stereocenters. The standard InChI is InChI=1S/C6H9NO3/c1-4(8)7-3-2-5(7)6(9)10/h5H,2-3H2,1H3,(H,9,10)/t5-/m1/s1. The Hall–Kier alpha value is -1.06. The van der Waals surface area contributed by atoms with Crippen LogP contribution in [0.2, 0.25) is 0 Å². The maximum Gasteiger partial charge on any atom is 0.326 e. The Balaban J connectivity index is 2.51. The van der Waals surface area contributed by atoms with Crippen LogP contribution in [-0.2, 0) is 9.59 Å². The second kappa shape index (κ2) is 2.28. The minimum Gasteiger partial charge on any atom is -0.480 e. The van der Waals surface area contributed by atoms with Crippen molar-refractivity contribution in [3.63, 3.8) is 0 Å². The fourth-order valence-corrected chi connectivity index (χ4v) is 1.02. The van der Waals surface area contributed by atoms with Gasteiger partial charge in [-0.15, -0.1) is 0 Å². The van der Waals surface area contributed by atoms with Crippen LogP contribution in [0.5, 0.6) is 0 Å². The van der Waals surface area contributed by atoms with Crippen LogP contribution in [0.3, 0.4) is 0 Å². The van der Waals surface area contributed by atoms with Gasteiger partial charge in [-0.05, 0) is 6.42 Å². The highest BCUT2D eigenvalue weighted by molar-refractivity contribution is 5.83. The quantitative estimate of drug-likeness (QED) is 0.547. The van der Waals surface area contributed by atoms with Crippen LogP contribution in [0.15, 0.2) is 0 Å².